The van der Waals surface area contributed by atoms with E-state index >= 15 is 0 Å². The van der Waals surface area contributed by atoms with Gasteiger partial charge in [-0.05, 0) is 24.1 Å². The molecule has 160 valence electrons. The van der Waals surface area contributed by atoms with Gasteiger partial charge in [-0.15, -0.1) is 21.5 Å². The summed E-state index contributed by atoms with van der Waals surface area (Å²) in [7, 11) is 0. The van der Waals surface area contributed by atoms with Gasteiger partial charge in [0.25, 0.3) is 0 Å². The SMILES string of the molecule is CCc1ccc(-c2nc(CSc3nnc(-c4ccncc4)n3CC(F)(F)F)cs2)cc1. The molecule has 0 aliphatic heterocycles. The number of halogens is 3. The van der Waals surface area contributed by atoms with E-state index in [1.165, 1.54) is 41.1 Å². The van der Waals surface area contributed by atoms with Crippen LogP contribution in [0.3, 0.4) is 0 Å². The Morgan fingerprint density at radius 3 is 2.42 bits per heavy atom. The lowest BCUT2D eigenvalue weighted by Crippen LogP contribution is -2.19. The fourth-order valence-corrected chi connectivity index (χ4v) is 4.72. The van der Waals surface area contributed by atoms with Crippen LogP contribution in [0, 0.1) is 0 Å². The molecule has 1 aromatic carbocycles. The second-order valence-corrected chi connectivity index (χ2v) is 8.53. The fourth-order valence-electron chi connectivity index (χ4n) is 2.96. The van der Waals surface area contributed by atoms with Crippen molar-refractivity contribution in [2.24, 2.45) is 0 Å². The van der Waals surface area contributed by atoms with Gasteiger partial charge in [-0.3, -0.25) is 9.55 Å². The minimum Gasteiger partial charge on any atom is -0.293 e. The van der Waals surface area contributed by atoms with Crippen molar-refractivity contribution in [3.63, 3.8) is 0 Å². The Morgan fingerprint density at radius 1 is 1.00 bits per heavy atom. The lowest BCUT2D eigenvalue weighted by atomic mass is 10.1. The van der Waals surface area contributed by atoms with Crippen molar-refractivity contribution >= 4 is 23.1 Å². The molecule has 0 aliphatic rings. The number of rotatable bonds is 7. The van der Waals surface area contributed by atoms with Gasteiger partial charge in [-0.1, -0.05) is 43.0 Å². The highest BCUT2D eigenvalue weighted by Crippen LogP contribution is 2.31. The van der Waals surface area contributed by atoms with Gasteiger partial charge in [0.1, 0.15) is 11.6 Å². The highest BCUT2D eigenvalue weighted by molar-refractivity contribution is 7.98. The number of thioether (sulfide) groups is 1. The summed E-state index contributed by atoms with van der Waals surface area (Å²) in [5, 5.41) is 11.0. The van der Waals surface area contributed by atoms with E-state index in [-0.39, 0.29) is 11.0 Å². The maximum absolute atomic E-state index is 13.2. The van der Waals surface area contributed by atoms with E-state index in [0.717, 1.165) is 27.3 Å². The first-order valence-electron chi connectivity index (χ1n) is 9.50. The first-order chi connectivity index (χ1) is 14.9. The van der Waals surface area contributed by atoms with Gasteiger partial charge in [0, 0.05) is 34.7 Å². The Hall–Kier alpha value is -2.72. The van der Waals surface area contributed by atoms with Crippen molar-refractivity contribution in [1.29, 1.82) is 0 Å². The summed E-state index contributed by atoms with van der Waals surface area (Å²) in [4.78, 5) is 8.53. The Balaban J connectivity index is 1.53. The molecular weight excluding hydrogens is 443 g/mol. The topological polar surface area (TPSA) is 56.5 Å². The van der Waals surface area contributed by atoms with E-state index in [1.54, 1.807) is 12.1 Å². The van der Waals surface area contributed by atoms with E-state index in [2.05, 4.69) is 39.2 Å². The zero-order valence-electron chi connectivity index (χ0n) is 16.5. The predicted octanol–water partition coefficient (Wildman–Crippen LogP) is 5.88. The molecule has 5 nitrogen and oxygen atoms in total. The molecule has 0 amide bonds. The van der Waals surface area contributed by atoms with Crippen LogP contribution >= 0.6 is 23.1 Å². The highest BCUT2D eigenvalue weighted by atomic mass is 32.2. The first kappa shape index (κ1) is 21.5. The first-order valence-corrected chi connectivity index (χ1v) is 11.4. The lowest BCUT2D eigenvalue weighted by molar-refractivity contribution is -0.141. The predicted molar refractivity (Wildman–Crippen MR) is 116 cm³/mol. The number of benzene rings is 1. The van der Waals surface area contributed by atoms with Crippen molar-refractivity contribution in [2.75, 3.05) is 0 Å². The van der Waals surface area contributed by atoms with E-state index in [1.807, 2.05) is 17.5 Å². The molecular formula is C21H18F3N5S2. The monoisotopic (exact) mass is 461 g/mol. The molecule has 3 aromatic heterocycles. The van der Waals surface area contributed by atoms with Gasteiger partial charge in [-0.25, -0.2) is 4.98 Å². The molecule has 0 aliphatic carbocycles. The standard InChI is InChI=1S/C21H18F3N5S2/c1-2-14-3-5-16(6-4-14)19-26-17(11-30-19)12-31-20-28-27-18(15-7-9-25-10-8-15)29(20)13-21(22,23)24/h3-11H,2,12-13H2,1H3. The largest absolute Gasteiger partial charge is 0.406 e. The van der Waals surface area contributed by atoms with Crippen LogP contribution < -0.4 is 0 Å². The summed E-state index contributed by atoms with van der Waals surface area (Å²) in [6.45, 7) is 0.942. The van der Waals surface area contributed by atoms with Gasteiger partial charge in [0.2, 0.25) is 0 Å². The molecule has 0 fully saturated rings. The van der Waals surface area contributed by atoms with Crippen molar-refractivity contribution in [1.82, 2.24) is 24.7 Å². The van der Waals surface area contributed by atoms with E-state index in [0.29, 0.717) is 11.3 Å². The molecule has 0 atom stereocenters. The van der Waals surface area contributed by atoms with Crippen molar-refractivity contribution in [3.05, 3.63) is 65.4 Å². The van der Waals surface area contributed by atoms with Gasteiger partial charge in [-0.2, -0.15) is 13.2 Å². The molecule has 0 unspecified atom stereocenters. The van der Waals surface area contributed by atoms with Crippen LogP contribution in [0.1, 0.15) is 18.2 Å². The van der Waals surface area contributed by atoms with Crippen LogP contribution in [0.5, 0.6) is 0 Å². The molecule has 0 bridgehead atoms. The second-order valence-electron chi connectivity index (χ2n) is 6.73. The zero-order valence-corrected chi connectivity index (χ0v) is 18.1. The third-order valence-electron chi connectivity index (χ3n) is 4.50. The molecule has 31 heavy (non-hydrogen) atoms. The third-order valence-corrected chi connectivity index (χ3v) is 6.44. The fraction of sp³-hybridized carbons (Fsp3) is 0.238. The van der Waals surface area contributed by atoms with Gasteiger partial charge in [0.05, 0.1) is 5.69 Å². The summed E-state index contributed by atoms with van der Waals surface area (Å²) in [6, 6.07) is 11.4. The van der Waals surface area contributed by atoms with Crippen LogP contribution in [-0.4, -0.2) is 30.9 Å². The summed E-state index contributed by atoms with van der Waals surface area (Å²) < 4.78 is 40.7. The molecule has 3 heterocycles. The maximum Gasteiger partial charge on any atom is 0.406 e. The van der Waals surface area contributed by atoms with Crippen molar-refractivity contribution in [3.8, 4) is 22.0 Å². The Labute approximate surface area is 185 Å². The number of hydrogen-bond donors (Lipinski definition) is 0. The smallest absolute Gasteiger partial charge is 0.293 e. The molecule has 0 radical (unpaired) electrons. The third kappa shape index (κ3) is 5.31. The number of aromatic nitrogens is 5. The number of pyridine rings is 1. The molecule has 10 heteroatoms. The molecule has 0 saturated heterocycles. The van der Waals surface area contributed by atoms with Crippen molar-refractivity contribution in [2.45, 2.75) is 37.0 Å². The van der Waals surface area contributed by atoms with Crippen LogP contribution in [0.25, 0.3) is 22.0 Å². The van der Waals surface area contributed by atoms with Gasteiger partial charge < -0.3 is 0 Å². The molecule has 4 aromatic rings. The molecule has 0 saturated carbocycles. The summed E-state index contributed by atoms with van der Waals surface area (Å²) in [5.74, 6) is 0.563. The Kier molecular flexibility index (Phi) is 6.38. The normalized spacial score (nSPS) is 11.7. The average molecular weight is 462 g/mol. The lowest BCUT2D eigenvalue weighted by Gasteiger charge is -2.12. The quantitative estimate of drug-likeness (QED) is 0.322. The van der Waals surface area contributed by atoms with E-state index in [4.69, 9.17) is 0 Å². The zero-order chi connectivity index (χ0) is 21.8. The summed E-state index contributed by atoms with van der Waals surface area (Å²) >= 11 is 2.70. The van der Waals surface area contributed by atoms with Gasteiger partial charge >= 0.3 is 6.18 Å². The minimum atomic E-state index is -4.39. The van der Waals surface area contributed by atoms with Crippen LogP contribution in [0.2, 0.25) is 0 Å². The molecule has 0 N–H and O–H groups in total. The average Bonchev–Trinajstić information content (AvgIpc) is 3.39. The van der Waals surface area contributed by atoms with Crippen LogP contribution in [0.4, 0.5) is 13.2 Å². The maximum atomic E-state index is 13.2. The number of thiazole rings is 1. The number of nitrogens with zero attached hydrogens (tertiary/aromatic N) is 5. The number of aryl methyl sites for hydroxylation is 1. The van der Waals surface area contributed by atoms with Crippen LogP contribution in [-0.2, 0) is 18.7 Å². The van der Waals surface area contributed by atoms with Crippen molar-refractivity contribution < 1.29 is 13.2 Å². The van der Waals surface area contributed by atoms with Crippen LogP contribution in [0.15, 0.2) is 59.3 Å². The highest BCUT2D eigenvalue weighted by Gasteiger charge is 2.31. The molecule has 4 rings (SSSR count). The number of alkyl halides is 3. The Bertz CT molecular complexity index is 1140. The Morgan fingerprint density at radius 2 is 1.74 bits per heavy atom. The summed E-state index contributed by atoms with van der Waals surface area (Å²) in [6.07, 6.45) is -0.394. The number of hydrogen-bond acceptors (Lipinski definition) is 6. The minimum absolute atomic E-state index is 0.164. The van der Waals surface area contributed by atoms with E-state index < -0.39 is 12.7 Å². The molecule has 0 spiro atoms. The summed E-state index contributed by atoms with van der Waals surface area (Å²) in [5.41, 5.74) is 3.60. The second kappa shape index (κ2) is 9.19. The van der Waals surface area contributed by atoms with E-state index in [9.17, 15) is 13.2 Å². The van der Waals surface area contributed by atoms with Gasteiger partial charge in [0.15, 0.2) is 11.0 Å².